The van der Waals surface area contributed by atoms with Gasteiger partial charge in [0, 0.05) is 31.2 Å². The Hall–Kier alpha value is -2.57. The summed E-state index contributed by atoms with van der Waals surface area (Å²) in [6.07, 6.45) is 2.22. The van der Waals surface area contributed by atoms with Crippen molar-refractivity contribution in [1.29, 1.82) is 0 Å². The normalized spacial score (nSPS) is 18.1. The Morgan fingerprint density at radius 2 is 2.16 bits per heavy atom. The number of primary amides is 1. The lowest BCUT2D eigenvalue weighted by Gasteiger charge is -2.24. The van der Waals surface area contributed by atoms with E-state index in [4.69, 9.17) is 5.73 Å². The van der Waals surface area contributed by atoms with E-state index in [9.17, 15) is 14.4 Å². The zero-order chi connectivity index (χ0) is 18.4. The van der Waals surface area contributed by atoms with E-state index < -0.39 is 6.03 Å². The fourth-order valence-corrected chi connectivity index (χ4v) is 3.14. The van der Waals surface area contributed by atoms with Crippen molar-refractivity contribution in [3.63, 3.8) is 0 Å². The van der Waals surface area contributed by atoms with Gasteiger partial charge in [0.05, 0.1) is 5.92 Å². The van der Waals surface area contributed by atoms with Gasteiger partial charge < -0.3 is 21.3 Å². The second-order valence-electron chi connectivity index (χ2n) is 6.49. The number of urea groups is 1. The standard InChI is InChI=1S/C18H26N4O3/c1-3-5-12(2)22-11-14(9-16(22)23)17(24)20-10-13-6-4-7-15(8-13)21-18(19)25/h4,6-8,12,14H,3,5,9-11H2,1-2H3,(H,20,24)(H3,19,21,25). The second kappa shape index (κ2) is 8.50. The summed E-state index contributed by atoms with van der Waals surface area (Å²) in [5.74, 6) is -0.375. The molecule has 0 radical (unpaired) electrons. The average Bonchev–Trinajstić information content (AvgIpc) is 2.94. The van der Waals surface area contributed by atoms with Crippen LogP contribution in [0.4, 0.5) is 10.5 Å². The van der Waals surface area contributed by atoms with Crippen LogP contribution in [0, 0.1) is 5.92 Å². The third kappa shape index (κ3) is 5.20. The molecule has 25 heavy (non-hydrogen) atoms. The third-order valence-electron chi connectivity index (χ3n) is 4.43. The number of anilines is 1. The SMILES string of the molecule is CCCC(C)N1CC(C(=O)NCc2cccc(NC(N)=O)c2)CC1=O. The molecule has 0 aliphatic carbocycles. The molecule has 1 fully saturated rings. The molecule has 0 spiro atoms. The maximum absolute atomic E-state index is 12.4. The smallest absolute Gasteiger partial charge is 0.316 e. The van der Waals surface area contributed by atoms with Crippen molar-refractivity contribution in [2.75, 3.05) is 11.9 Å². The maximum atomic E-state index is 12.4. The quantitative estimate of drug-likeness (QED) is 0.701. The molecular formula is C18H26N4O3. The Bertz CT molecular complexity index is 647. The minimum absolute atomic E-state index is 0.0498. The van der Waals surface area contributed by atoms with E-state index in [1.807, 2.05) is 17.9 Å². The largest absolute Gasteiger partial charge is 0.352 e. The highest BCUT2D eigenvalue weighted by Crippen LogP contribution is 2.22. The number of amides is 4. The molecule has 7 heteroatoms. The number of nitrogens with zero attached hydrogens (tertiary/aromatic N) is 1. The molecule has 1 heterocycles. The Labute approximate surface area is 147 Å². The molecule has 4 N–H and O–H groups in total. The van der Waals surface area contributed by atoms with E-state index in [0.29, 0.717) is 18.8 Å². The molecule has 0 bridgehead atoms. The van der Waals surface area contributed by atoms with Gasteiger partial charge in [0.1, 0.15) is 0 Å². The number of carbonyl (C=O) groups excluding carboxylic acids is 3. The summed E-state index contributed by atoms with van der Waals surface area (Å²) in [6.45, 7) is 4.93. The van der Waals surface area contributed by atoms with Crippen molar-refractivity contribution in [2.24, 2.45) is 11.7 Å². The molecule has 1 saturated heterocycles. The van der Waals surface area contributed by atoms with Crippen LogP contribution in [-0.4, -0.2) is 35.3 Å². The second-order valence-corrected chi connectivity index (χ2v) is 6.49. The fraction of sp³-hybridized carbons (Fsp3) is 0.500. The summed E-state index contributed by atoms with van der Waals surface area (Å²) in [6, 6.07) is 6.64. The van der Waals surface area contributed by atoms with Gasteiger partial charge >= 0.3 is 6.03 Å². The van der Waals surface area contributed by atoms with Gasteiger partial charge in [-0.2, -0.15) is 0 Å². The topological polar surface area (TPSA) is 105 Å². The fourth-order valence-electron chi connectivity index (χ4n) is 3.14. The number of hydrogen-bond donors (Lipinski definition) is 3. The highest BCUT2D eigenvalue weighted by Gasteiger charge is 2.36. The zero-order valence-corrected chi connectivity index (χ0v) is 14.7. The van der Waals surface area contributed by atoms with E-state index in [1.165, 1.54) is 0 Å². The molecule has 1 aliphatic heterocycles. The number of nitrogens with two attached hydrogens (primary N) is 1. The van der Waals surface area contributed by atoms with Gasteiger partial charge in [-0.25, -0.2) is 4.79 Å². The van der Waals surface area contributed by atoms with Crippen LogP contribution in [0.25, 0.3) is 0 Å². The van der Waals surface area contributed by atoms with Gasteiger partial charge in [0.15, 0.2) is 0 Å². The lowest BCUT2D eigenvalue weighted by atomic mass is 10.1. The van der Waals surface area contributed by atoms with Crippen molar-refractivity contribution >= 4 is 23.5 Å². The van der Waals surface area contributed by atoms with Gasteiger partial charge in [-0.3, -0.25) is 9.59 Å². The number of nitrogens with one attached hydrogen (secondary N) is 2. The van der Waals surface area contributed by atoms with Crippen LogP contribution >= 0.6 is 0 Å². The molecule has 1 aromatic rings. The summed E-state index contributed by atoms with van der Waals surface area (Å²) in [4.78, 5) is 37.2. The lowest BCUT2D eigenvalue weighted by molar-refractivity contribution is -0.130. The van der Waals surface area contributed by atoms with E-state index in [-0.39, 0.29) is 30.2 Å². The van der Waals surface area contributed by atoms with E-state index >= 15 is 0 Å². The molecule has 2 atom stereocenters. The molecule has 4 amide bonds. The summed E-state index contributed by atoms with van der Waals surface area (Å²) < 4.78 is 0. The van der Waals surface area contributed by atoms with Crippen molar-refractivity contribution in [1.82, 2.24) is 10.2 Å². The van der Waals surface area contributed by atoms with Gasteiger partial charge in [-0.05, 0) is 31.0 Å². The summed E-state index contributed by atoms with van der Waals surface area (Å²) in [5.41, 5.74) is 6.52. The Balaban J connectivity index is 1.88. The molecule has 136 valence electrons. The van der Waals surface area contributed by atoms with Crippen molar-refractivity contribution < 1.29 is 14.4 Å². The van der Waals surface area contributed by atoms with Gasteiger partial charge in [0.25, 0.3) is 0 Å². The van der Waals surface area contributed by atoms with Crippen molar-refractivity contribution in [3.8, 4) is 0 Å². The van der Waals surface area contributed by atoms with Crippen LogP contribution in [0.1, 0.15) is 38.7 Å². The number of rotatable bonds is 7. The number of carbonyl (C=O) groups is 3. The molecule has 1 aliphatic rings. The summed E-state index contributed by atoms with van der Waals surface area (Å²) in [7, 11) is 0. The molecule has 7 nitrogen and oxygen atoms in total. The predicted molar refractivity (Wildman–Crippen MR) is 95.7 cm³/mol. The molecule has 2 rings (SSSR count). The van der Waals surface area contributed by atoms with Gasteiger partial charge in [-0.1, -0.05) is 25.5 Å². The highest BCUT2D eigenvalue weighted by molar-refractivity contribution is 5.89. The van der Waals surface area contributed by atoms with Crippen LogP contribution in [0.2, 0.25) is 0 Å². The highest BCUT2D eigenvalue weighted by atomic mass is 16.2. The first-order chi connectivity index (χ1) is 11.9. The number of hydrogen-bond acceptors (Lipinski definition) is 3. The van der Waals surface area contributed by atoms with Crippen molar-refractivity contribution in [2.45, 2.75) is 45.7 Å². The first-order valence-electron chi connectivity index (χ1n) is 8.63. The summed E-state index contributed by atoms with van der Waals surface area (Å²) >= 11 is 0. The van der Waals surface area contributed by atoms with Crippen molar-refractivity contribution in [3.05, 3.63) is 29.8 Å². The molecule has 2 unspecified atom stereocenters. The van der Waals surface area contributed by atoms with E-state index in [2.05, 4.69) is 17.6 Å². The lowest BCUT2D eigenvalue weighted by Crippen LogP contribution is -2.36. The third-order valence-corrected chi connectivity index (χ3v) is 4.43. The van der Waals surface area contributed by atoms with Crippen LogP contribution in [0.5, 0.6) is 0 Å². The van der Waals surface area contributed by atoms with Crippen LogP contribution < -0.4 is 16.4 Å². The van der Waals surface area contributed by atoms with Crippen LogP contribution in [-0.2, 0) is 16.1 Å². The van der Waals surface area contributed by atoms with Gasteiger partial charge in [-0.15, -0.1) is 0 Å². The molecule has 1 aromatic carbocycles. The van der Waals surface area contributed by atoms with Crippen LogP contribution in [0.3, 0.4) is 0 Å². The number of benzene rings is 1. The minimum atomic E-state index is -0.632. The minimum Gasteiger partial charge on any atom is -0.352 e. The Kier molecular flexibility index (Phi) is 6.38. The predicted octanol–water partition coefficient (Wildman–Crippen LogP) is 1.83. The molecule has 0 saturated carbocycles. The monoisotopic (exact) mass is 346 g/mol. The summed E-state index contributed by atoms with van der Waals surface area (Å²) in [5, 5.41) is 5.37. The van der Waals surface area contributed by atoms with Crippen LogP contribution in [0.15, 0.2) is 24.3 Å². The molecule has 0 aromatic heterocycles. The Morgan fingerprint density at radius 3 is 2.84 bits per heavy atom. The van der Waals surface area contributed by atoms with E-state index in [1.54, 1.807) is 18.2 Å². The first-order valence-corrected chi connectivity index (χ1v) is 8.63. The Morgan fingerprint density at radius 1 is 1.40 bits per heavy atom. The maximum Gasteiger partial charge on any atom is 0.316 e. The molecular weight excluding hydrogens is 320 g/mol. The first kappa shape index (κ1) is 18.8. The zero-order valence-electron chi connectivity index (χ0n) is 14.7. The average molecular weight is 346 g/mol. The van der Waals surface area contributed by atoms with Gasteiger partial charge in [0.2, 0.25) is 11.8 Å². The van der Waals surface area contributed by atoms with E-state index in [0.717, 1.165) is 18.4 Å². The number of likely N-dealkylation sites (tertiary alicyclic amines) is 1.